The van der Waals surface area contributed by atoms with Crippen molar-refractivity contribution in [2.75, 3.05) is 12.4 Å². The lowest BCUT2D eigenvalue weighted by atomic mass is 10.2. The van der Waals surface area contributed by atoms with Gasteiger partial charge in [-0.1, -0.05) is 6.07 Å². The van der Waals surface area contributed by atoms with Crippen molar-refractivity contribution < 1.29 is 9.66 Å². The van der Waals surface area contributed by atoms with Crippen molar-refractivity contribution in [2.24, 2.45) is 0 Å². The molecule has 0 amide bonds. The van der Waals surface area contributed by atoms with Gasteiger partial charge < -0.3 is 10.1 Å². The molecule has 0 saturated heterocycles. The van der Waals surface area contributed by atoms with Crippen LogP contribution >= 0.6 is 22.6 Å². The van der Waals surface area contributed by atoms with E-state index in [1.165, 1.54) is 12.1 Å². The maximum absolute atomic E-state index is 10.8. The number of anilines is 1. The quantitative estimate of drug-likeness (QED) is 0.501. The highest BCUT2D eigenvalue weighted by Crippen LogP contribution is 2.29. The first-order valence-electron chi connectivity index (χ1n) is 5.49. The standard InChI is InChI=1S/C13H11IN2O3/c1-15-10-6-11(16(17)18)8-13(7-10)19-12-4-2-3-9(14)5-12/h2-8,15H,1H3. The number of nitro benzene ring substituents is 1. The number of benzene rings is 2. The van der Waals surface area contributed by atoms with E-state index in [9.17, 15) is 10.1 Å². The van der Waals surface area contributed by atoms with Gasteiger partial charge in [-0.15, -0.1) is 0 Å². The van der Waals surface area contributed by atoms with Gasteiger partial charge in [-0.2, -0.15) is 0 Å². The molecule has 0 atom stereocenters. The normalized spacial score (nSPS) is 10.0. The second kappa shape index (κ2) is 5.87. The van der Waals surface area contributed by atoms with Crippen molar-refractivity contribution in [1.29, 1.82) is 0 Å². The third-order valence-corrected chi connectivity index (χ3v) is 3.09. The Kier molecular flexibility index (Phi) is 4.20. The first kappa shape index (κ1) is 13.6. The van der Waals surface area contributed by atoms with Crippen molar-refractivity contribution >= 4 is 34.0 Å². The maximum atomic E-state index is 10.8. The molecule has 0 radical (unpaired) electrons. The van der Waals surface area contributed by atoms with E-state index < -0.39 is 4.92 Å². The van der Waals surface area contributed by atoms with Gasteiger partial charge in [0, 0.05) is 28.4 Å². The number of nitro groups is 1. The topological polar surface area (TPSA) is 64.4 Å². The Balaban J connectivity index is 2.34. The molecule has 2 aromatic carbocycles. The Hall–Kier alpha value is -1.83. The molecule has 19 heavy (non-hydrogen) atoms. The molecule has 0 heterocycles. The molecule has 0 fully saturated rings. The fraction of sp³-hybridized carbons (Fsp3) is 0.0769. The summed E-state index contributed by atoms with van der Waals surface area (Å²) < 4.78 is 6.68. The smallest absolute Gasteiger partial charge is 0.275 e. The van der Waals surface area contributed by atoms with E-state index in [0.29, 0.717) is 17.2 Å². The summed E-state index contributed by atoms with van der Waals surface area (Å²) in [5, 5.41) is 13.7. The Morgan fingerprint density at radius 2 is 2.00 bits per heavy atom. The Morgan fingerprint density at radius 1 is 1.21 bits per heavy atom. The van der Waals surface area contributed by atoms with Crippen LogP contribution in [0.1, 0.15) is 0 Å². The van der Waals surface area contributed by atoms with Crippen LogP contribution in [0.15, 0.2) is 42.5 Å². The molecule has 0 saturated carbocycles. The molecule has 2 aromatic rings. The predicted octanol–water partition coefficient (Wildman–Crippen LogP) is 4.03. The third-order valence-electron chi connectivity index (χ3n) is 2.42. The Labute approximate surface area is 123 Å². The van der Waals surface area contributed by atoms with Crippen LogP contribution in [0.3, 0.4) is 0 Å². The molecular weight excluding hydrogens is 359 g/mol. The molecule has 0 spiro atoms. The van der Waals surface area contributed by atoms with Crippen LogP contribution in [0.2, 0.25) is 0 Å². The molecular formula is C13H11IN2O3. The van der Waals surface area contributed by atoms with Gasteiger partial charge in [0.2, 0.25) is 0 Å². The number of hydrogen-bond donors (Lipinski definition) is 1. The van der Waals surface area contributed by atoms with Crippen molar-refractivity contribution in [3.63, 3.8) is 0 Å². The summed E-state index contributed by atoms with van der Waals surface area (Å²) in [4.78, 5) is 10.4. The lowest BCUT2D eigenvalue weighted by Crippen LogP contribution is -1.94. The van der Waals surface area contributed by atoms with E-state index in [1.807, 2.05) is 18.2 Å². The van der Waals surface area contributed by atoms with E-state index in [0.717, 1.165) is 3.57 Å². The summed E-state index contributed by atoms with van der Waals surface area (Å²) in [6.45, 7) is 0. The molecule has 0 unspecified atom stereocenters. The lowest BCUT2D eigenvalue weighted by molar-refractivity contribution is -0.384. The van der Waals surface area contributed by atoms with E-state index in [1.54, 1.807) is 19.2 Å². The number of non-ortho nitro benzene ring substituents is 1. The number of halogens is 1. The summed E-state index contributed by atoms with van der Waals surface area (Å²) in [6, 6.07) is 12.1. The van der Waals surface area contributed by atoms with Gasteiger partial charge >= 0.3 is 0 Å². The van der Waals surface area contributed by atoms with Crippen LogP contribution in [0, 0.1) is 13.7 Å². The van der Waals surface area contributed by atoms with Gasteiger partial charge in [0.25, 0.3) is 5.69 Å². The summed E-state index contributed by atoms with van der Waals surface area (Å²) in [5.74, 6) is 1.08. The van der Waals surface area contributed by atoms with Gasteiger partial charge in [0.1, 0.15) is 11.5 Å². The first-order valence-corrected chi connectivity index (χ1v) is 6.57. The molecule has 0 bridgehead atoms. The SMILES string of the molecule is CNc1cc(Oc2cccc(I)c2)cc([N+](=O)[O-])c1. The van der Waals surface area contributed by atoms with Crippen molar-refractivity contribution in [3.8, 4) is 11.5 Å². The molecule has 0 aliphatic heterocycles. The Morgan fingerprint density at radius 3 is 2.63 bits per heavy atom. The second-order valence-corrected chi connectivity index (χ2v) is 5.03. The third kappa shape index (κ3) is 3.57. The summed E-state index contributed by atoms with van der Waals surface area (Å²) >= 11 is 2.18. The number of hydrogen-bond acceptors (Lipinski definition) is 4. The van der Waals surface area contributed by atoms with Gasteiger partial charge in [0.05, 0.1) is 11.0 Å². The molecule has 0 aliphatic rings. The van der Waals surface area contributed by atoms with Crippen LogP contribution in [0.4, 0.5) is 11.4 Å². The average Bonchev–Trinajstić information content (AvgIpc) is 2.38. The highest BCUT2D eigenvalue weighted by molar-refractivity contribution is 14.1. The number of ether oxygens (including phenoxy) is 1. The van der Waals surface area contributed by atoms with Crippen LogP contribution in [0.5, 0.6) is 11.5 Å². The zero-order chi connectivity index (χ0) is 13.8. The van der Waals surface area contributed by atoms with Gasteiger partial charge in [-0.25, -0.2) is 0 Å². The van der Waals surface area contributed by atoms with Crippen LogP contribution in [-0.4, -0.2) is 12.0 Å². The largest absolute Gasteiger partial charge is 0.457 e. The van der Waals surface area contributed by atoms with E-state index in [2.05, 4.69) is 27.9 Å². The Bertz CT molecular complexity index is 617. The van der Waals surface area contributed by atoms with E-state index in [-0.39, 0.29) is 5.69 Å². The van der Waals surface area contributed by atoms with Gasteiger partial charge in [-0.05, 0) is 40.8 Å². The highest BCUT2D eigenvalue weighted by Gasteiger charge is 2.10. The van der Waals surface area contributed by atoms with Crippen molar-refractivity contribution in [3.05, 3.63) is 56.1 Å². The number of rotatable bonds is 4. The molecule has 6 heteroatoms. The van der Waals surface area contributed by atoms with Crippen molar-refractivity contribution in [2.45, 2.75) is 0 Å². The number of nitrogens with one attached hydrogen (secondary N) is 1. The molecule has 5 nitrogen and oxygen atoms in total. The maximum Gasteiger partial charge on any atom is 0.275 e. The summed E-state index contributed by atoms with van der Waals surface area (Å²) in [5.41, 5.74) is 0.627. The van der Waals surface area contributed by atoms with Crippen molar-refractivity contribution in [1.82, 2.24) is 0 Å². The van der Waals surface area contributed by atoms with E-state index in [4.69, 9.17) is 4.74 Å². The minimum Gasteiger partial charge on any atom is -0.457 e. The summed E-state index contributed by atoms with van der Waals surface area (Å²) in [6.07, 6.45) is 0. The fourth-order valence-corrected chi connectivity index (χ4v) is 2.07. The monoisotopic (exact) mass is 370 g/mol. The second-order valence-electron chi connectivity index (χ2n) is 3.78. The minimum atomic E-state index is -0.442. The molecule has 0 aromatic heterocycles. The van der Waals surface area contributed by atoms with Gasteiger partial charge in [0.15, 0.2) is 0 Å². The average molecular weight is 370 g/mol. The van der Waals surface area contributed by atoms with Crippen LogP contribution < -0.4 is 10.1 Å². The molecule has 98 valence electrons. The molecule has 1 N–H and O–H groups in total. The predicted molar refractivity (Wildman–Crippen MR) is 81.9 cm³/mol. The summed E-state index contributed by atoms with van der Waals surface area (Å²) in [7, 11) is 1.70. The minimum absolute atomic E-state index is 0.00696. The molecule has 0 aliphatic carbocycles. The van der Waals surface area contributed by atoms with Crippen LogP contribution in [0.25, 0.3) is 0 Å². The highest BCUT2D eigenvalue weighted by atomic mass is 127. The van der Waals surface area contributed by atoms with Gasteiger partial charge in [-0.3, -0.25) is 10.1 Å². The lowest BCUT2D eigenvalue weighted by Gasteiger charge is -2.08. The fourth-order valence-electron chi connectivity index (χ4n) is 1.56. The number of nitrogens with zero attached hydrogens (tertiary/aromatic N) is 1. The van der Waals surface area contributed by atoms with E-state index >= 15 is 0 Å². The zero-order valence-electron chi connectivity index (χ0n) is 10.1. The first-order chi connectivity index (χ1) is 9.08. The molecule has 2 rings (SSSR count). The zero-order valence-corrected chi connectivity index (χ0v) is 12.2. The van der Waals surface area contributed by atoms with Crippen LogP contribution in [-0.2, 0) is 0 Å².